The zero-order valence-electron chi connectivity index (χ0n) is 18.6. The Bertz CT molecular complexity index is 935. The number of nitrogens with one attached hydrogen (secondary N) is 3. The van der Waals surface area contributed by atoms with E-state index in [-0.39, 0.29) is 18.6 Å². The first kappa shape index (κ1) is 28.8. The van der Waals surface area contributed by atoms with E-state index in [1.54, 1.807) is 0 Å². The second kappa shape index (κ2) is 14.1. The summed E-state index contributed by atoms with van der Waals surface area (Å²) < 4.78 is 0. The highest BCUT2D eigenvalue weighted by atomic mass is 16.4. The van der Waals surface area contributed by atoms with Crippen molar-refractivity contribution in [1.29, 1.82) is 0 Å². The number of benzene rings is 1. The average Bonchev–Trinajstić information content (AvgIpc) is 2.79. The highest BCUT2D eigenvalue weighted by Gasteiger charge is 2.30. The van der Waals surface area contributed by atoms with Crippen molar-refractivity contribution in [1.82, 2.24) is 16.0 Å². The Labute approximate surface area is 199 Å². The predicted octanol–water partition coefficient (Wildman–Crippen LogP) is -1.84. The van der Waals surface area contributed by atoms with Crippen molar-refractivity contribution in [3.63, 3.8) is 0 Å². The van der Waals surface area contributed by atoms with Crippen LogP contribution in [0.25, 0.3) is 0 Å². The standard InChI is InChI=1S/C21H28N4O10/c22-10-16(27)23-13(5-7-17(28)29)19(32)25-15(9-11-1-3-12(26)4-2-11)20(33)24-14(21(34)35)6-8-18(30)31/h1-4,13-15,26H,5-10,22H2,(H,23,27)(H,24,33)(H,25,32)(H,28,29)(H,30,31)(H,34,35). The maximum Gasteiger partial charge on any atom is 0.326 e. The Hall–Kier alpha value is -4.20. The van der Waals surface area contributed by atoms with Gasteiger partial charge in [0.2, 0.25) is 17.7 Å². The monoisotopic (exact) mass is 496 g/mol. The van der Waals surface area contributed by atoms with Crippen molar-refractivity contribution in [2.24, 2.45) is 5.73 Å². The number of carboxylic acid groups (broad SMARTS) is 3. The van der Waals surface area contributed by atoms with Gasteiger partial charge in [-0.3, -0.25) is 24.0 Å². The van der Waals surface area contributed by atoms with Gasteiger partial charge < -0.3 is 42.1 Å². The van der Waals surface area contributed by atoms with Gasteiger partial charge in [-0.25, -0.2) is 4.79 Å². The number of rotatable bonds is 15. The Kier molecular flexibility index (Phi) is 11.7. The number of carboxylic acids is 3. The number of aliphatic carboxylic acids is 3. The zero-order chi connectivity index (χ0) is 26.5. The van der Waals surface area contributed by atoms with Crippen molar-refractivity contribution in [3.8, 4) is 5.75 Å². The molecular weight excluding hydrogens is 468 g/mol. The number of carbonyl (C=O) groups is 6. The van der Waals surface area contributed by atoms with Gasteiger partial charge in [0.1, 0.15) is 23.9 Å². The molecule has 1 aromatic rings. The summed E-state index contributed by atoms with van der Waals surface area (Å²) in [5, 5.41) is 43.3. The van der Waals surface area contributed by atoms with Crippen LogP contribution in [0.4, 0.5) is 0 Å². The van der Waals surface area contributed by atoms with Crippen molar-refractivity contribution >= 4 is 35.6 Å². The third kappa shape index (κ3) is 11.0. The summed E-state index contributed by atoms with van der Waals surface area (Å²) >= 11 is 0. The molecule has 35 heavy (non-hydrogen) atoms. The lowest BCUT2D eigenvalue weighted by Gasteiger charge is -2.24. The van der Waals surface area contributed by atoms with E-state index in [0.29, 0.717) is 5.56 Å². The topological polar surface area (TPSA) is 245 Å². The Morgan fingerprint density at radius 1 is 0.743 bits per heavy atom. The smallest absolute Gasteiger partial charge is 0.326 e. The molecule has 14 heteroatoms. The lowest BCUT2D eigenvalue weighted by molar-refractivity contribution is -0.143. The molecule has 0 saturated heterocycles. The third-order valence-electron chi connectivity index (χ3n) is 4.75. The second-order valence-corrected chi connectivity index (χ2v) is 7.52. The minimum atomic E-state index is -1.56. The van der Waals surface area contributed by atoms with E-state index >= 15 is 0 Å². The Morgan fingerprint density at radius 2 is 1.23 bits per heavy atom. The maximum absolute atomic E-state index is 12.9. The van der Waals surface area contributed by atoms with E-state index in [1.165, 1.54) is 24.3 Å². The van der Waals surface area contributed by atoms with Crippen LogP contribution in [0.1, 0.15) is 31.2 Å². The minimum Gasteiger partial charge on any atom is -0.508 e. The van der Waals surface area contributed by atoms with Crippen molar-refractivity contribution < 1.29 is 49.2 Å². The molecule has 0 aliphatic carbocycles. The number of hydrogen-bond acceptors (Lipinski definition) is 8. The van der Waals surface area contributed by atoms with Gasteiger partial charge in [-0.1, -0.05) is 12.1 Å². The molecule has 3 amide bonds. The highest BCUT2D eigenvalue weighted by molar-refractivity contribution is 5.94. The highest BCUT2D eigenvalue weighted by Crippen LogP contribution is 2.12. The lowest BCUT2D eigenvalue weighted by atomic mass is 10.0. The number of amides is 3. The molecule has 0 aromatic heterocycles. The van der Waals surface area contributed by atoms with Crippen molar-refractivity contribution in [2.45, 2.75) is 50.2 Å². The van der Waals surface area contributed by atoms with E-state index < -0.39 is 79.6 Å². The molecule has 14 nitrogen and oxygen atoms in total. The van der Waals surface area contributed by atoms with E-state index in [9.17, 15) is 39.0 Å². The predicted molar refractivity (Wildman–Crippen MR) is 118 cm³/mol. The van der Waals surface area contributed by atoms with Crippen LogP contribution < -0.4 is 21.7 Å². The molecule has 0 bridgehead atoms. The molecule has 0 saturated carbocycles. The summed E-state index contributed by atoms with van der Waals surface area (Å²) in [6, 6.07) is 1.28. The molecule has 0 radical (unpaired) electrons. The van der Waals surface area contributed by atoms with Gasteiger partial charge in [-0.05, 0) is 30.5 Å². The summed E-state index contributed by atoms with van der Waals surface area (Å²) in [6.07, 6.45) is -1.90. The van der Waals surface area contributed by atoms with Crippen LogP contribution in [0, 0.1) is 0 Å². The summed E-state index contributed by atoms with van der Waals surface area (Å²) in [5.74, 6) is -6.65. The molecule has 1 aromatic carbocycles. The van der Waals surface area contributed by atoms with Gasteiger partial charge in [0.05, 0.1) is 6.54 Å². The van der Waals surface area contributed by atoms with E-state index in [1.807, 2.05) is 0 Å². The van der Waals surface area contributed by atoms with Crippen LogP contribution in [-0.4, -0.2) is 80.7 Å². The Morgan fingerprint density at radius 3 is 1.71 bits per heavy atom. The molecule has 0 heterocycles. The van der Waals surface area contributed by atoms with Gasteiger partial charge in [-0.15, -0.1) is 0 Å². The van der Waals surface area contributed by atoms with E-state index in [0.717, 1.165) is 0 Å². The number of carbonyl (C=O) groups excluding carboxylic acids is 3. The number of phenols is 1. The molecule has 3 atom stereocenters. The fourth-order valence-corrected chi connectivity index (χ4v) is 2.94. The van der Waals surface area contributed by atoms with Gasteiger partial charge in [0.15, 0.2) is 0 Å². The largest absolute Gasteiger partial charge is 0.508 e. The minimum absolute atomic E-state index is 0.0587. The van der Waals surface area contributed by atoms with Crippen LogP contribution in [0.2, 0.25) is 0 Å². The molecular formula is C21H28N4O10. The Balaban J connectivity index is 3.12. The van der Waals surface area contributed by atoms with Gasteiger partial charge in [0.25, 0.3) is 0 Å². The molecule has 3 unspecified atom stereocenters. The fourth-order valence-electron chi connectivity index (χ4n) is 2.94. The van der Waals surface area contributed by atoms with Crippen LogP contribution >= 0.6 is 0 Å². The van der Waals surface area contributed by atoms with Crippen LogP contribution in [0.5, 0.6) is 5.75 Å². The van der Waals surface area contributed by atoms with Crippen molar-refractivity contribution in [2.75, 3.05) is 6.54 Å². The van der Waals surface area contributed by atoms with Crippen LogP contribution in [0.15, 0.2) is 24.3 Å². The van der Waals surface area contributed by atoms with Gasteiger partial charge in [0, 0.05) is 19.3 Å². The van der Waals surface area contributed by atoms with Crippen molar-refractivity contribution in [3.05, 3.63) is 29.8 Å². The molecule has 0 aliphatic heterocycles. The fraction of sp³-hybridized carbons (Fsp3) is 0.429. The quantitative estimate of drug-likeness (QED) is 0.134. The summed E-state index contributed by atoms with van der Waals surface area (Å²) in [6.45, 7) is -0.474. The van der Waals surface area contributed by atoms with E-state index in [4.69, 9.17) is 15.9 Å². The molecule has 1 rings (SSSR count). The van der Waals surface area contributed by atoms with Gasteiger partial charge in [-0.2, -0.15) is 0 Å². The van der Waals surface area contributed by atoms with Crippen LogP contribution in [-0.2, 0) is 35.2 Å². The molecule has 9 N–H and O–H groups in total. The molecule has 192 valence electrons. The molecule has 0 aliphatic rings. The number of aromatic hydroxyl groups is 1. The average molecular weight is 496 g/mol. The molecule has 0 spiro atoms. The molecule has 0 fully saturated rings. The summed E-state index contributed by atoms with van der Waals surface area (Å²) in [4.78, 5) is 70.6. The number of nitrogens with two attached hydrogens (primary N) is 1. The first-order valence-corrected chi connectivity index (χ1v) is 10.5. The first-order valence-electron chi connectivity index (χ1n) is 10.5. The normalized spacial score (nSPS) is 13.1. The summed E-state index contributed by atoms with van der Waals surface area (Å²) in [5.41, 5.74) is 5.70. The summed E-state index contributed by atoms with van der Waals surface area (Å²) in [7, 11) is 0. The third-order valence-corrected chi connectivity index (χ3v) is 4.75. The van der Waals surface area contributed by atoms with Crippen LogP contribution in [0.3, 0.4) is 0 Å². The first-order chi connectivity index (χ1) is 16.4. The second-order valence-electron chi connectivity index (χ2n) is 7.52. The zero-order valence-corrected chi connectivity index (χ0v) is 18.6. The number of phenolic OH excluding ortho intramolecular Hbond substituents is 1. The SMILES string of the molecule is NCC(=O)NC(CCC(=O)O)C(=O)NC(Cc1ccc(O)cc1)C(=O)NC(CCC(=O)O)C(=O)O. The lowest BCUT2D eigenvalue weighted by Crippen LogP contribution is -2.57. The number of hydrogen-bond donors (Lipinski definition) is 8. The van der Waals surface area contributed by atoms with E-state index in [2.05, 4.69) is 16.0 Å². The maximum atomic E-state index is 12.9. The van der Waals surface area contributed by atoms with Gasteiger partial charge >= 0.3 is 17.9 Å².